The van der Waals surface area contributed by atoms with Gasteiger partial charge in [-0.15, -0.1) is 6.58 Å². The van der Waals surface area contributed by atoms with E-state index in [1.807, 2.05) is 66.7 Å². The van der Waals surface area contributed by atoms with Gasteiger partial charge in [-0.2, -0.15) is 0 Å². The Kier molecular flexibility index (Phi) is 10.2. The van der Waals surface area contributed by atoms with Gasteiger partial charge in [-0.1, -0.05) is 125 Å². The summed E-state index contributed by atoms with van der Waals surface area (Å²) in [5.74, 6) is 0.824. The van der Waals surface area contributed by atoms with E-state index < -0.39 is 34.7 Å². The Morgan fingerprint density at radius 1 is 1.00 bits per heavy atom. The van der Waals surface area contributed by atoms with Crippen molar-refractivity contribution in [2.75, 3.05) is 19.8 Å². The number of ether oxygens (including phenoxy) is 4. The molecule has 4 bridgehead atoms. The molecular formula is C44H58O6. The second-order valence-electron chi connectivity index (χ2n) is 16.2. The smallest absolute Gasteiger partial charge is 0.318 e. The summed E-state index contributed by atoms with van der Waals surface area (Å²) in [6, 6.07) is 20.1. The largest absolute Gasteiger partial charge is 0.452 e. The summed E-state index contributed by atoms with van der Waals surface area (Å²) >= 11 is 0. The van der Waals surface area contributed by atoms with Crippen molar-refractivity contribution in [3.8, 4) is 0 Å². The highest BCUT2D eigenvalue weighted by atomic mass is 16.7. The number of aliphatic hydroxyl groups is 1. The van der Waals surface area contributed by atoms with Crippen molar-refractivity contribution in [3.05, 3.63) is 96.1 Å². The summed E-state index contributed by atoms with van der Waals surface area (Å²) in [7, 11) is 0. The van der Waals surface area contributed by atoms with Crippen molar-refractivity contribution in [3.63, 3.8) is 0 Å². The van der Waals surface area contributed by atoms with Crippen molar-refractivity contribution < 1.29 is 28.8 Å². The first kappa shape index (κ1) is 35.6. The third-order valence-corrected chi connectivity index (χ3v) is 13.6. The average Bonchev–Trinajstić information content (AvgIpc) is 3.91. The van der Waals surface area contributed by atoms with Crippen molar-refractivity contribution >= 4 is 5.97 Å². The quantitative estimate of drug-likeness (QED) is 0.115. The SMILES string of the molecule is C=CC(C[C@@H](O)C12C[C@@H]3[C@H](C)CC[C@H]3C3(C4OCCO4)CC1C=C(C(C)C)C23C(=O)OC(c1ccccc1)c1ccccc1)OCCCCC. The Morgan fingerprint density at radius 3 is 2.26 bits per heavy atom. The third kappa shape index (κ3) is 5.30. The van der Waals surface area contributed by atoms with Crippen molar-refractivity contribution in [1.29, 1.82) is 0 Å². The van der Waals surface area contributed by atoms with E-state index in [4.69, 9.17) is 18.9 Å². The first-order valence-corrected chi connectivity index (χ1v) is 19.4. The Hall–Kier alpha value is -2.77. The lowest BCUT2D eigenvalue weighted by molar-refractivity contribution is -0.255. The monoisotopic (exact) mass is 682 g/mol. The number of hydrogen-bond donors (Lipinski definition) is 1. The predicted molar refractivity (Wildman–Crippen MR) is 195 cm³/mol. The van der Waals surface area contributed by atoms with Crippen LogP contribution in [-0.4, -0.2) is 49.4 Å². The molecule has 2 aromatic rings. The molecule has 0 aromatic heterocycles. The summed E-state index contributed by atoms with van der Waals surface area (Å²) in [6.45, 7) is 14.7. The zero-order valence-corrected chi connectivity index (χ0v) is 30.6. The van der Waals surface area contributed by atoms with Gasteiger partial charge in [0.25, 0.3) is 0 Å². The second kappa shape index (κ2) is 14.3. The van der Waals surface area contributed by atoms with E-state index in [0.717, 1.165) is 61.6 Å². The minimum atomic E-state index is -1.14. The number of carbonyl (C=O) groups excluding carboxylic acids is 1. The van der Waals surface area contributed by atoms with Gasteiger partial charge in [0.05, 0.1) is 25.4 Å². The molecule has 1 N–H and O–H groups in total. The molecule has 5 aliphatic rings. The highest BCUT2D eigenvalue weighted by Gasteiger charge is 2.88. The summed E-state index contributed by atoms with van der Waals surface area (Å²) in [5.41, 5.74) is 0.325. The fourth-order valence-corrected chi connectivity index (χ4v) is 11.8. The number of benzene rings is 2. The fraction of sp³-hybridized carbons (Fsp3) is 0.614. The second-order valence-corrected chi connectivity index (χ2v) is 16.2. The van der Waals surface area contributed by atoms with Crippen LogP contribution in [0.4, 0.5) is 0 Å². The van der Waals surface area contributed by atoms with Crippen LogP contribution in [0.5, 0.6) is 0 Å². The van der Waals surface area contributed by atoms with Gasteiger partial charge in [0, 0.05) is 23.9 Å². The van der Waals surface area contributed by atoms with Gasteiger partial charge < -0.3 is 24.1 Å². The van der Waals surface area contributed by atoms with Gasteiger partial charge >= 0.3 is 5.97 Å². The summed E-state index contributed by atoms with van der Waals surface area (Å²) in [6.07, 6.45) is 9.12. The van der Waals surface area contributed by atoms with E-state index in [2.05, 4.69) is 40.3 Å². The topological polar surface area (TPSA) is 74.2 Å². The molecule has 1 aliphatic heterocycles. The van der Waals surface area contributed by atoms with Gasteiger partial charge in [-0.3, -0.25) is 4.79 Å². The first-order valence-electron chi connectivity index (χ1n) is 19.4. The van der Waals surface area contributed by atoms with Crippen LogP contribution >= 0.6 is 0 Å². The summed E-state index contributed by atoms with van der Waals surface area (Å²) in [4.78, 5) is 16.1. The molecule has 3 saturated carbocycles. The molecule has 0 radical (unpaired) electrons. The Labute approximate surface area is 299 Å². The molecule has 5 unspecified atom stereocenters. The highest BCUT2D eigenvalue weighted by molar-refractivity contribution is 5.87. The summed E-state index contributed by atoms with van der Waals surface area (Å²) < 4.78 is 26.6. The minimum absolute atomic E-state index is 0.0227. The lowest BCUT2D eigenvalue weighted by Gasteiger charge is -2.63. The molecule has 6 nitrogen and oxygen atoms in total. The number of esters is 1. The van der Waals surface area contributed by atoms with Crippen LogP contribution < -0.4 is 0 Å². The maximum Gasteiger partial charge on any atom is 0.318 e. The number of unbranched alkanes of at least 4 members (excludes halogenated alkanes) is 2. The van der Waals surface area contributed by atoms with Crippen molar-refractivity contribution in [2.45, 2.75) is 104 Å². The average molecular weight is 683 g/mol. The molecule has 1 saturated heterocycles. The zero-order valence-electron chi connectivity index (χ0n) is 30.6. The number of hydrogen-bond acceptors (Lipinski definition) is 6. The van der Waals surface area contributed by atoms with Gasteiger partial charge in [-0.25, -0.2) is 0 Å². The minimum Gasteiger partial charge on any atom is -0.452 e. The Balaban J connectivity index is 1.40. The standard InChI is InChI=1S/C44H58O6/c1-6-8-15-22-47-34(7-2)26-38(45)42-28-35-30(5)20-21-36(35)43(41-48-23-24-49-41)27-33(42)25-37(29(3)4)44(42,43)40(46)50-39(31-16-11-9-12-17-31)32-18-13-10-14-19-32/h7,9-14,16-19,25,29-30,33-36,38-39,41,45H,2,6,8,15,20-24,26-28H2,1,3-5H3/t30-,33?,34?,35-,36-,38-,42?,43?,44?/m1/s1. The van der Waals surface area contributed by atoms with Crippen LogP contribution in [0, 0.1) is 45.8 Å². The maximum atomic E-state index is 16.1. The molecule has 7 rings (SSSR count). The fourth-order valence-electron chi connectivity index (χ4n) is 11.8. The van der Waals surface area contributed by atoms with E-state index in [1.54, 1.807) is 0 Å². The molecule has 1 heterocycles. The molecule has 0 amide bonds. The van der Waals surface area contributed by atoms with Crippen LogP contribution in [0.3, 0.4) is 0 Å². The van der Waals surface area contributed by atoms with Crippen LogP contribution in [-0.2, 0) is 23.7 Å². The molecule has 270 valence electrons. The maximum absolute atomic E-state index is 16.1. The predicted octanol–water partition coefficient (Wildman–Crippen LogP) is 8.85. The van der Waals surface area contributed by atoms with Crippen LogP contribution in [0.1, 0.15) is 96.3 Å². The number of rotatable bonds is 15. The van der Waals surface area contributed by atoms with Gasteiger partial charge in [0.2, 0.25) is 0 Å². The first-order chi connectivity index (χ1) is 24.3. The summed E-state index contributed by atoms with van der Waals surface area (Å²) in [5, 5.41) is 13.0. The molecule has 0 spiro atoms. The van der Waals surface area contributed by atoms with E-state index >= 15 is 4.79 Å². The van der Waals surface area contributed by atoms with Crippen LogP contribution in [0.15, 0.2) is 85.0 Å². The van der Waals surface area contributed by atoms with Crippen molar-refractivity contribution in [2.24, 2.45) is 45.8 Å². The number of allylic oxidation sites excluding steroid dienone is 1. The highest BCUT2D eigenvalue weighted by Crippen LogP contribution is 2.85. The molecule has 2 aromatic carbocycles. The van der Waals surface area contributed by atoms with Gasteiger partial charge in [-0.05, 0) is 66.4 Å². The molecule has 4 fully saturated rings. The Bertz CT molecular complexity index is 1480. The number of carbonyl (C=O) groups is 1. The lowest BCUT2D eigenvalue weighted by atomic mass is 9.40. The Morgan fingerprint density at radius 2 is 1.66 bits per heavy atom. The molecule has 9 atom stereocenters. The van der Waals surface area contributed by atoms with E-state index in [-0.39, 0.29) is 29.8 Å². The van der Waals surface area contributed by atoms with Crippen molar-refractivity contribution in [1.82, 2.24) is 0 Å². The lowest BCUT2D eigenvalue weighted by Crippen LogP contribution is -2.68. The number of aliphatic hydroxyl groups excluding tert-OH is 1. The van der Waals surface area contributed by atoms with E-state index in [0.29, 0.717) is 38.1 Å². The third-order valence-electron chi connectivity index (χ3n) is 13.6. The zero-order chi connectivity index (χ0) is 35.1. The molecule has 6 heteroatoms. The molecule has 50 heavy (non-hydrogen) atoms. The molecular weight excluding hydrogens is 624 g/mol. The van der Waals surface area contributed by atoms with E-state index in [1.165, 1.54) is 0 Å². The van der Waals surface area contributed by atoms with Gasteiger partial charge in [0.1, 0.15) is 5.41 Å². The van der Waals surface area contributed by atoms with Crippen LogP contribution in [0.25, 0.3) is 0 Å². The molecule has 4 aliphatic carbocycles. The van der Waals surface area contributed by atoms with E-state index in [9.17, 15) is 5.11 Å². The van der Waals surface area contributed by atoms with Gasteiger partial charge in [0.15, 0.2) is 12.4 Å². The van der Waals surface area contributed by atoms with Crippen LogP contribution in [0.2, 0.25) is 0 Å². The number of fused-ring (bicyclic) bond motifs is 2. The normalized spacial score (nSPS) is 34.2.